The van der Waals surface area contributed by atoms with Gasteiger partial charge in [0.15, 0.2) is 0 Å². The molecule has 0 heterocycles. The van der Waals surface area contributed by atoms with Crippen molar-refractivity contribution in [2.75, 3.05) is 0 Å². The van der Waals surface area contributed by atoms with Gasteiger partial charge in [0, 0.05) is 0 Å². The normalized spacial score (nSPS) is 10.8. The quantitative estimate of drug-likeness (QED) is 0.771. The van der Waals surface area contributed by atoms with Gasteiger partial charge >= 0.3 is 0 Å². The highest BCUT2D eigenvalue weighted by molar-refractivity contribution is 7.91. The van der Waals surface area contributed by atoms with Gasteiger partial charge in [-0.25, -0.2) is 8.42 Å². The van der Waals surface area contributed by atoms with Crippen LogP contribution in [0.25, 0.3) is 0 Å². The van der Waals surface area contributed by atoms with E-state index in [2.05, 4.69) is 16.9 Å². The van der Waals surface area contributed by atoms with Crippen molar-refractivity contribution in [1.82, 2.24) is 4.72 Å². The topological polar surface area (TPSA) is 46.2 Å². The lowest BCUT2D eigenvalue weighted by Gasteiger charge is -2.02. The number of hydrogen-bond acceptors (Lipinski definition) is 3. The fraction of sp³-hybridized carbons (Fsp3) is 0.125. The van der Waals surface area contributed by atoms with Crippen molar-refractivity contribution in [2.45, 2.75) is 11.8 Å². The van der Waals surface area contributed by atoms with E-state index in [1.54, 1.807) is 12.1 Å². The summed E-state index contributed by atoms with van der Waals surface area (Å²) in [5.74, 6) is 0. The molecule has 3 nitrogen and oxygen atoms in total. The molecule has 0 atom stereocenters. The molecule has 0 bridgehead atoms. The Labute approximate surface area is 82.8 Å². The van der Waals surface area contributed by atoms with Crippen molar-refractivity contribution in [3.05, 3.63) is 29.8 Å². The fourth-order valence-electron chi connectivity index (χ4n) is 0.849. The van der Waals surface area contributed by atoms with Crippen molar-refractivity contribution < 1.29 is 8.42 Å². The third-order valence-electron chi connectivity index (χ3n) is 1.53. The highest BCUT2D eigenvalue weighted by atomic mass is 32.2. The lowest BCUT2D eigenvalue weighted by atomic mass is 10.2. The second-order valence-corrected chi connectivity index (χ2v) is 4.50. The summed E-state index contributed by atoms with van der Waals surface area (Å²) in [5, 5.41) is 0. The summed E-state index contributed by atoms with van der Waals surface area (Å²) < 4.78 is 24.8. The van der Waals surface area contributed by atoms with Crippen LogP contribution >= 0.6 is 12.2 Å². The zero-order valence-electron chi connectivity index (χ0n) is 7.02. The molecule has 0 aliphatic rings. The predicted octanol–water partition coefficient (Wildman–Crippen LogP) is 1.23. The minimum absolute atomic E-state index is 0.221. The van der Waals surface area contributed by atoms with E-state index in [0.717, 1.165) is 11.1 Å². The summed E-state index contributed by atoms with van der Waals surface area (Å²) in [6, 6.07) is 6.54. The zero-order chi connectivity index (χ0) is 9.90. The first kappa shape index (κ1) is 10.1. The molecule has 0 fully saturated rings. The Hall–Kier alpha value is -0.940. The molecule has 0 saturated heterocycles. The number of nitrogens with one attached hydrogen (secondary N) is 1. The van der Waals surface area contributed by atoms with E-state index in [1.807, 2.05) is 6.92 Å². The fourth-order valence-corrected chi connectivity index (χ4v) is 1.99. The second kappa shape index (κ2) is 3.85. The van der Waals surface area contributed by atoms with Gasteiger partial charge < -0.3 is 0 Å². The van der Waals surface area contributed by atoms with E-state index < -0.39 is 10.0 Å². The molecule has 0 aromatic heterocycles. The van der Waals surface area contributed by atoms with E-state index in [1.165, 1.54) is 12.1 Å². The summed E-state index contributed by atoms with van der Waals surface area (Å²) in [7, 11) is -3.44. The summed E-state index contributed by atoms with van der Waals surface area (Å²) in [6.45, 7) is 1.89. The average molecular weight is 215 g/mol. The van der Waals surface area contributed by atoms with Crippen LogP contribution in [0.5, 0.6) is 0 Å². The maximum atomic E-state index is 11.3. The number of benzene rings is 1. The standard InChI is InChI=1S/C8H9NO2S2/c1-7-2-4-8(5-3-7)13(10,11)9-6-12/h2-6H,1H3,(H,9,12). The predicted molar refractivity (Wildman–Crippen MR) is 55.2 cm³/mol. The molecule has 70 valence electrons. The molecule has 0 saturated carbocycles. The van der Waals surface area contributed by atoms with Crippen LogP contribution in [0.15, 0.2) is 29.2 Å². The van der Waals surface area contributed by atoms with E-state index >= 15 is 0 Å². The Bertz CT molecular complexity index is 395. The van der Waals surface area contributed by atoms with Gasteiger partial charge in [0.05, 0.1) is 10.4 Å². The Balaban J connectivity index is 3.08. The number of thiocarbonyl (C=S) groups is 1. The minimum Gasteiger partial charge on any atom is -0.276 e. The number of hydrogen-bond donors (Lipinski definition) is 1. The molecule has 0 unspecified atom stereocenters. The lowest BCUT2D eigenvalue weighted by Crippen LogP contribution is -2.20. The third kappa shape index (κ3) is 2.50. The van der Waals surface area contributed by atoms with E-state index in [0.29, 0.717) is 0 Å². The second-order valence-electron chi connectivity index (χ2n) is 2.55. The molecule has 1 aromatic carbocycles. The first-order chi connectivity index (χ1) is 6.06. The van der Waals surface area contributed by atoms with Gasteiger partial charge in [-0.1, -0.05) is 29.9 Å². The first-order valence-corrected chi connectivity index (χ1v) is 5.54. The molecule has 0 spiro atoms. The molecule has 1 N–H and O–H groups in total. The average Bonchev–Trinajstić information content (AvgIpc) is 2.05. The Kier molecular flexibility index (Phi) is 3.00. The third-order valence-corrected chi connectivity index (χ3v) is 3.12. The van der Waals surface area contributed by atoms with Crippen molar-refractivity contribution >= 4 is 27.7 Å². The van der Waals surface area contributed by atoms with Crippen molar-refractivity contribution in [3.63, 3.8) is 0 Å². The Morgan fingerprint density at radius 2 is 1.85 bits per heavy atom. The number of sulfonamides is 1. The molecular weight excluding hydrogens is 206 g/mol. The van der Waals surface area contributed by atoms with Crippen LogP contribution in [0.3, 0.4) is 0 Å². The molecule has 13 heavy (non-hydrogen) atoms. The monoisotopic (exact) mass is 215 g/mol. The molecule has 0 amide bonds. The molecule has 5 heteroatoms. The van der Waals surface area contributed by atoms with Gasteiger partial charge in [-0.2, -0.15) is 0 Å². The van der Waals surface area contributed by atoms with Crippen LogP contribution in [-0.2, 0) is 10.0 Å². The van der Waals surface area contributed by atoms with Crippen LogP contribution in [-0.4, -0.2) is 13.9 Å². The Morgan fingerprint density at radius 3 is 2.31 bits per heavy atom. The molecule has 0 aliphatic carbocycles. The highest BCUT2D eigenvalue weighted by Crippen LogP contribution is 2.08. The smallest absolute Gasteiger partial charge is 0.262 e. The first-order valence-electron chi connectivity index (χ1n) is 3.59. The van der Waals surface area contributed by atoms with Crippen LogP contribution in [0.1, 0.15) is 5.56 Å². The summed E-state index contributed by atoms with van der Waals surface area (Å²) >= 11 is 4.41. The number of aryl methyl sites for hydroxylation is 1. The van der Waals surface area contributed by atoms with E-state index in [4.69, 9.17) is 0 Å². The SMILES string of the molecule is Cc1ccc(S(=O)(=O)NC=S)cc1. The summed E-state index contributed by atoms with van der Waals surface area (Å²) in [6.07, 6.45) is 0. The van der Waals surface area contributed by atoms with Gasteiger partial charge in [-0.15, -0.1) is 0 Å². The van der Waals surface area contributed by atoms with Crippen LogP contribution in [0, 0.1) is 6.92 Å². The summed E-state index contributed by atoms with van der Waals surface area (Å²) in [4.78, 5) is 0.221. The molecule has 0 aliphatic heterocycles. The maximum absolute atomic E-state index is 11.3. The molecule has 1 aromatic rings. The van der Waals surface area contributed by atoms with E-state index in [-0.39, 0.29) is 4.90 Å². The molecule has 0 radical (unpaired) electrons. The van der Waals surface area contributed by atoms with Gasteiger partial charge in [-0.3, -0.25) is 4.72 Å². The van der Waals surface area contributed by atoms with Crippen LogP contribution in [0.2, 0.25) is 0 Å². The van der Waals surface area contributed by atoms with Crippen molar-refractivity contribution in [2.24, 2.45) is 0 Å². The van der Waals surface area contributed by atoms with Crippen molar-refractivity contribution in [3.8, 4) is 0 Å². The van der Waals surface area contributed by atoms with Gasteiger partial charge in [-0.05, 0) is 19.1 Å². The van der Waals surface area contributed by atoms with Crippen LogP contribution in [0.4, 0.5) is 0 Å². The molecular formula is C8H9NO2S2. The largest absolute Gasteiger partial charge is 0.276 e. The van der Waals surface area contributed by atoms with Crippen molar-refractivity contribution in [1.29, 1.82) is 0 Å². The Morgan fingerprint density at radius 1 is 1.31 bits per heavy atom. The summed E-state index contributed by atoms with van der Waals surface area (Å²) in [5.41, 5.74) is 2.00. The molecule has 1 rings (SSSR count). The van der Waals surface area contributed by atoms with Gasteiger partial charge in [0.1, 0.15) is 0 Å². The van der Waals surface area contributed by atoms with Gasteiger partial charge in [0.25, 0.3) is 10.0 Å². The van der Waals surface area contributed by atoms with Gasteiger partial charge in [0.2, 0.25) is 0 Å². The minimum atomic E-state index is -3.44. The zero-order valence-corrected chi connectivity index (χ0v) is 8.65. The number of rotatable bonds is 3. The highest BCUT2D eigenvalue weighted by Gasteiger charge is 2.10. The lowest BCUT2D eigenvalue weighted by molar-refractivity contribution is 0.593. The van der Waals surface area contributed by atoms with Crippen LogP contribution < -0.4 is 4.72 Å². The van der Waals surface area contributed by atoms with E-state index in [9.17, 15) is 8.42 Å². The maximum Gasteiger partial charge on any atom is 0.262 e.